The summed E-state index contributed by atoms with van der Waals surface area (Å²) in [5, 5.41) is 0.777. The van der Waals surface area contributed by atoms with Crippen LogP contribution in [0.25, 0.3) is 10.1 Å². The van der Waals surface area contributed by atoms with Crippen molar-refractivity contribution in [1.82, 2.24) is 0 Å². The smallest absolute Gasteiger partial charge is 0.434 e. The van der Waals surface area contributed by atoms with Crippen LogP contribution in [-0.2, 0) is 0 Å². The number of fused-ring (bicyclic) bond motifs is 1. The fraction of sp³-hybridized carbons (Fsp3) is 0.118. The van der Waals surface area contributed by atoms with Gasteiger partial charge in [0.2, 0.25) is 0 Å². The summed E-state index contributed by atoms with van der Waals surface area (Å²) < 4.78 is 46.0. The number of benzene rings is 2. The average molecular weight is 335 g/mol. The van der Waals surface area contributed by atoms with Crippen LogP contribution in [0.5, 0.6) is 5.75 Å². The molecule has 118 valence electrons. The summed E-state index contributed by atoms with van der Waals surface area (Å²) in [5.41, 5.74) is -0.653. The highest BCUT2D eigenvalue weighted by atomic mass is 32.1. The van der Waals surface area contributed by atoms with Gasteiger partial charge in [-0.3, -0.25) is 0 Å². The molecule has 0 spiro atoms. The van der Waals surface area contributed by atoms with Crippen LogP contribution < -0.4 is 4.74 Å². The summed E-state index contributed by atoms with van der Waals surface area (Å²) in [6.07, 6.45) is -4.53. The predicted octanol–water partition coefficient (Wildman–Crippen LogP) is 5.59. The van der Waals surface area contributed by atoms with Crippen LogP contribution in [0.15, 0.2) is 59.6 Å². The maximum absolute atomic E-state index is 13.4. The molecule has 1 heterocycles. The summed E-state index contributed by atoms with van der Waals surface area (Å²) in [5.74, 6) is 0.569. The number of nitrogens with zero attached hydrogens (tertiary/aromatic N) is 1. The van der Waals surface area contributed by atoms with E-state index >= 15 is 0 Å². The summed E-state index contributed by atoms with van der Waals surface area (Å²) in [6.45, 7) is 0. The van der Waals surface area contributed by atoms with E-state index in [-0.39, 0.29) is 10.6 Å². The monoisotopic (exact) mass is 335 g/mol. The number of rotatable bonds is 3. The molecule has 0 aliphatic rings. The SMILES string of the molecule is COc1ccc(N=C(c2cc3ccccc3s2)C(F)(F)F)cc1. The third kappa shape index (κ3) is 3.37. The molecule has 0 N–H and O–H groups in total. The van der Waals surface area contributed by atoms with Crippen LogP contribution in [0.1, 0.15) is 4.88 Å². The molecule has 1 aromatic heterocycles. The van der Waals surface area contributed by atoms with E-state index in [1.165, 1.54) is 25.3 Å². The van der Waals surface area contributed by atoms with Crippen LogP contribution in [0.4, 0.5) is 18.9 Å². The molecule has 0 saturated heterocycles. The number of methoxy groups -OCH3 is 1. The van der Waals surface area contributed by atoms with Crippen molar-refractivity contribution in [3.05, 3.63) is 59.5 Å². The fourth-order valence-corrected chi connectivity index (χ4v) is 3.21. The maximum atomic E-state index is 13.4. The number of aliphatic imine (C=N–C) groups is 1. The Morgan fingerprint density at radius 3 is 2.35 bits per heavy atom. The van der Waals surface area contributed by atoms with E-state index in [4.69, 9.17) is 4.74 Å². The lowest BCUT2D eigenvalue weighted by Crippen LogP contribution is -2.22. The van der Waals surface area contributed by atoms with E-state index in [2.05, 4.69) is 4.99 Å². The molecule has 0 saturated carbocycles. The largest absolute Gasteiger partial charge is 0.497 e. The molecule has 3 rings (SSSR count). The van der Waals surface area contributed by atoms with Crippen LogP contribution in [0.3, 0.4) is 0 Å². The highest BCUT2D eigenvalue weighted by molar-refractivity contribution is 7.21. The highest BCUT2D eigenvalue weighted by Gasteiger charge is 2.37. The van der Waals surface area contributed by atoms with Crippen molar-refractivity contribution in [2.24, 2.45) is 4.99 Å². The molecule has 6 heteroatoms. The zero-order valence-corrected chi connectivity index (χ0v) is 12.9. The Labute approximate surface area is 134 Å². The molecule has 0 amide bonds. The normalized spacial score (nSPS) is 12.6. The fourth-order valence-electron chi connectivity index (χ4n) is 2.14. The molecular formula is C17H12F3NOS. The Morgan fingerprint density at radius 1 is 1.04 bits per heavy atom. The number of hydrogen-bond donors (Lipinski definition) is 0. The van der Waals surface area contributed by atoms with Gasteiger partial charge in [0.05, 0.1) is 17.7 Å². The minimum absolute atomic E-state index is 0.106. The van der Waals surface area contributed by atoms with Gasteiger partial charge in [-0.1, -0.05) is 18.2 Å². The Bertz CT molecular complexity index is 817. The predicted molar refractivity (Wildman–Crippen MR) is 87.1 cm³/mol. The molecule has 2 nitrogen and oxygen atoms in total. The lowest BCUT2D eigenvalue weighted by Gasteiger charge is -2.09. The van der Waals surface area contributed by atoms with Crippen molar-refractivity contribution in [3.63, 3.8) is 0 Å². The molecule has 2 aromatic carbocycles. The Hall–Kier alpha value is -2.34. The molecule has 0 aliphatic heterocycles. The van der Waals surface area contributed by atoms with Crippen molar-refractivity contribution in [1.29, 1.82) is 0 Å². The van der Waals surface area contributed by atoms with Crippen LogP contribution in [0, 0.1) is 0 Å². The standard InChI is InChI=1S/C17H12F3NOS/c1-22-13-8-6-12(7-9-13)21-16(17(18,19)20)15-10-11-4-2-3-5-14(11)23-15/h2-10H,1H3. The van der Waals surface area contributed by atoms with Crippen molar-refractivity contribution >= 4 is 32.8 Å². The van der Waals surface area contributed by atoms with Gasteiger partial charge in [-0.05, 0) is 41.8 Å². The third-order valence-electron chi connectivity index (χ3n) is 3.24. The minimum atomic E-state index is -4.53. The third-order valence-corrected chi connectivity index (χ3v) is 4.36. The molecule has 0 unspecified atom stereocenters. The second-order valence-electron chi connectivity index (χ2n) is 4.80. The lowest BCUT2D eigenvalue weighted by atomic mass is 10.2. The first-order valence-electron chi connectivity index (χ1n) is 6.76. The second-order valence-corrected chi connectivity index (χ2v) is 5.89. The summed E-state index contributed by atoms with van der Waals surface area (Å²) >= 11 is 1.08. The number of hydrogen-bond acceptors (Lipinski definition) is 3. The number of thiophene rings is 1. The van der Waals surface area contributed by atoms with Gasteiger partial charge in [0.15, 0.2) is 5.71 Å². The van der Waals surface area contributed by atoms with Gasteiger partial charge >= 0.3 is 6.18 Å². The van der Waals surface area contributed by atoms with Gasteiger partial charge in [0.25, 0.3) is 0 Å². The average Bonchev–Trinajstić information content (AvgIpc) is 2.95. The quantitative estimate of drug-likeness (QED) is 0.572. The van der Waals surface area contributed by atoms with Gasteiger partial charge < -0.3 is 4.74 Å². The molecule has 23 heavy (non-hydrogen) atoms. The van der Waals surface area contributed by atoms with E-state index in [0.29, 0.717) is 5.75 Å². The highest BCUT2D eigenvalue weighted by Crippen LogP contribution is 2.33. The Morgan fingerprint density at radius 2 is 1.74 bits per heavy atom. The first kappa shape index (κ1) is 15.6. The first-order chi connectivity index (χ1) is 11.0. The van der Waals surface area contributed by atoms with Gasteiger partial charge in [-0.25, -0.2) is 4.99 Å². The topological polar surface area (TPSA) is 21.6 Å². The molecule has 0 bridgehead atoms. The number of halogens is 3. The molecule has 0 radical (unpaired) electrons. The first-order valence-corrected chi connectivity index (χ1v) is 7.58. The zero-order chi connectivity index (χ0) is 16.4. The molecule has 0 atom stereocenters. The van der Waals surface area contributed by atoms with Crippen LogP contribution in [-0.4, -0.2) is 19.0 Å². The summed E-state index contributed by atoms with van der Waals surface area (Å²) in [6, 6.07) is 14.9. The molecular weight excluding hydrogens is 323 g/mol. The van der Waals surface area contributed by atoms with Crippen molar-refractivity contribution < 1.29 is 17.9 Å². The molecule has 0 aliphatic carbocycles. The van der Waals surface area contributed by atoms with E-state index < -0.39 is 11.9 Å². The molecule has 3 aromatic rings. The Kier molecular flexibility index (Phi) is 4.09. The van der Waals surface area contributed by atoms with E-state index in [0.717, 1.165) is 21.4 Å². The van der Waals surface area contributed by atoms with Crippen molar-refractivity contribution in [2.45, 2.75) is 6.18 Å². The van der Waals surface area contributed by atoms with Gasteiger partial charge in [0, 0.05) is 4.70 Å². The minimum Gasteiger partial charge on any atom is -0.497 e. The molecule has 0 fully saturated rings. The number of alkyl halides is 3. The Balaban J connectivity index is 2.08. The summed E-state index contributed by atoms with van der Waals surface area (Å²) in [4.78, 5) is 3.92. The summed E-state index contributed by atoms with van der Waals surface area (Å²) in [7, 11) is 1.50. The van der Waals surface area contributed by atoms with Gasteiger partial charge in [-0.15, -0.1) is 11.3 Å². The van der Waals surface area contributed by atoms with Crippen molar-refractivity contribution in [2.75, 3.05) is 7.11 Å². The number of ether oxygens (including phenoxy) is 1. The zero-order valence-electron chi connectivity index (χ0n) is 12.1. The van der Waals surface area contributed by atoms with Crippen LogP contribution in [0.2, 0.25) is 0 Å². The van der Waals surface area contributed by atoms with Gasteiger partial charge in [0.1, 0.15) is 5.75 Å². The van der Waals surface area contributed by atoms with Gasteiger partial charge in [-0.2, -0.15) is 13.2 Å². The van der Waals surface area contributed by atoms with E-state index in [1.54, 1.807) is 36.4 Å². The maximum Gasteiger partial charge on any atom is 0.434 e. The van der Waals surface area contributed by atoms with Crippen LogP contribution >= 0.6 is 11.3 Å². The van der Waals surface area contributed by atoms with E-state index in [9.17, 15) is 13.2 Å². The van der Waals surface area contributed by atoms with Crippen molar-refractivity contribution in [3.8, 4) is 5.75 Å². The second kappa shape index (κ2) is 6.04. The van der Waals surface area contributed by atoms with E-state index in [1.807, 2.05) is 0 Å². The lowest BCUT2D eigenvalue weighted by molar-refractivity contribution is -0.0578.